The van der Waals surface area contributed by atoms with Crippen LogP contribution >= 0.6 is 0 Å². The van der Waals surface area contributed by atoms with E-state index in [0.717, 1.165) is 10.0 Å². The van der Waals surface area contributed by atoms with Crippen LogP contribution in [-0.4, -0.2) is 28.5 Å². The third kappa shape index (κ3) is 4.06. The van der Waals surface area contributed by atoms with Gasteiger partial charge in [0.25, 0.3) is 0 Å². The molecular weight excluding hydrogens is 253 g/mol. The van der Waals surface area contributed by atoms with Gasteiger partial charge in [-0.05, 0) is 0 Å². The van der Waals surface area contributed by atoms with Crippen molar-refractivity contribution in [1.82, 2.24) is 0 Å². The summed E-state index contributed by atoms with van der Waals surface area (Å²) in [5, 5.41) is 7.81. The van der Waals surface area contributed by atoms with Gasteiger partial charge in [-0.25, -0.2) is 0 Å². The molecule has 81 valence electrons. The van der Waals surface area contributed by atoms with E-state index in [2.05, 4.69) is 36.8 Å². The van der Waals surface area contributed by atoms with Gasteiger partial charge in [0, 0.05) is 0 Å². The molecule has 0 saturated carbocycles. The molecule has 0 aliphatic rings. The van der Waals surface area contributed by atoms with Gasteiger partial charge in [-0.15, -0.1) is 0 Å². The molecule has 2 nitrogen and oxygen atoms in total. The molecule has 0 unspecified atom stereocenters. The van der Waals surface area contributed by atoms with Crippen molar-refractivity contribution < 1.29 is 4.74 Å². The summed E-state index contributed by atoms with van der Waals surface area (Å²) < 4.78 is 6.39. The Bertz CT molecular complexity index is 355. The number of ether oxygens (including phenoxy) is 1. The SMILES string of the molecule is CC(C)(C)COC(=N)c1ccccc1[Se]. The zero-order valence-corrected chi connectivity index (χ0v) is 11.0. The van der Waals surface area contributed by atoms with E-state index in [1.54, 1.807) is 0 Å². The molecule has 0 amide bonds. The minimum atomic E-state index is 0.0820. The van der Waals surface area contributed by atoms with E-state index in [1.807, 2.05) is 24.3 Å². The molecule has 15 heavy (non-hydrogen) atoms. The fourth-order valence-corrected chi connectivity index (χ4v) is 1.52. The van der Waals surface area contributed by atoms with Gasteiger partial charge in [-0.3, -0.25) is 0 Å². The Labute approximate surface area is 99.4 Å². The number of hydrogen-bond acceptors (Lipinski definition) is 2. The van der Waals surface area contributed by atoms with Crippen LogP contribution in [0.3, 0.4) is 0 Å². The second-order valence-corrected chi connectivity index (χ2v) is 5.60. The zero-order chi connectivity index (χ0) is 11.5. The fourth-order valence-electron chi connectivity index (χ4n) is 1.02. The van der Waals surface area contributed by atoms with Gasteiger partial charge in [0.1, 0.15) is 0 Å². The summed E-state index contributed by atoms with van der Waals surface area (Å²) in [7, 11) is 0. The predicted molar refractivity (Wildman–Crippen MR) is 64.1 cm³/mol. The van der Waals surface area contributed by atoms with Crippen LogP contribution in [0.15, 0.2) is 24.3 Å². The Kier molecular flexibility index (Phi) is 3.95. The second kappa shape index (κ2) is 4.82. The first-order valence-electron chi connectivity index (χ1n) is 4.88. The van der Waals surface area contributed by atoms with Gasteiger partial charge < -0.3 is 0 Å². The average Bonchev–Trinajstić information content (AvgIpc) is 2.14. The number of rotatable bonds is 2. The molecule has 0 heterocycles. The molecule has 1 aromatic carbocycles. The molecule has 0 bridgehead atoms. The van der Waals surface area contributed by atoms with Gasteiger partial charge in [-0.2, -0.15) is 0 Å². The van der Waals surface area contributed by atoms with Gasteiger partial charge in [0.05, 0.1) is 0 Å². The van der Waals surface area contributed by atoms with Gasteiger partial charge in [-0.1, -0.05) is 0 Å². The third-order valence-corrected chi connectivity index (χ3v) is 2.53. The van der Waals surface area contributed by atoms with Crippen LogP contribution in [0.2, 0.25) is 0 Å². The summed E-state index contributed by atoms with van der Waals surface area (Å²) in [6.45, 7) is 6.82. The van der Waals surface area contributed by atoms with Gasteiger partial charge >= 0.3 is 99.1 Å². The van der Waals surface area contributed by atoms with E-state index in [4.69, 9.17) is 10.1 Å². The average molecular weight is 269 g/mol. The number of nitrogens with one attached hydrogen (secondary N) is 1. The van der Waals surface area contributed by atoms with E-state index in [-0.39, 0.29) is 11.3 Å². The maximum atomic E-state index is 7.81. The summed E-state index contributed by atoms with van der Waals surface area (Å²) in [6.07, 6.45) is 0. The Hall–Kier alpha value is -0.791. The summed E-state index contributed by atoms with van der Waals surface area (Å²) in [4.78, 5) is 0. The van der Waals surface area contributed by atoms with Crippen LogP contribution in [0.4, 0.5) is 0 Å². The predicted octanol–water partition coefficient (Wildman–Crippen LogP) is 1.87. The molecule has 1 N–H and O–H groups in total. The van der Waals surface area contributed by atoms with E-state index in [0.29, 0.717) is 6.61 Å². The summed E-state index contributed by atoms with van der Waals surface area (Å²) in [5.41, 5.74) is 0.903. The topological polar surface area (TPSA) is 33.1 Å². The van der Waals surface area contributed by atoms with E-state index in [1.165, 1.54) is 0 Å². The molecule has 0 aliphatic carbocycles. The second-order valence-electron chi connectivity index (χ2n) is 4.67. The van der Waals surface area contributed by atoms with Crippen molar-refractivity contribution in [2.24, 2.45) is 5.41 Å². The molecule has 0 aromatic heterocycles. The Morgan fingerprint density at radius 3 is 2.47 bits per heavy atom. The van der Waals surface area contributed by atoms with Crippen LogP contribution in [-0.2, 0) is 4.74 Å². The quantitative estimate of drug-likeness (QED) is 0.496. The molecule has 1 radical (unpaired) electrons. The fraction of sp³-hybridized carbons (Fsp3) is 0.417. The van der Waals surface area contributed by atoms with Crippen LogP contribution in [0, 0.1) is 10.8 Å². The Morgan fingerprint density at radius 2 is 1.93 bits per heavy atom. The van der Waals surface area contributed by atoms with Crippen LogP contribution in [0.25, 0.3) is 0 Å². The minimum absolute atomic E-state index is 0.0820. The van der Waals surface area contributed by atoms with Gasteiger partial charge in [0.2, 0.25) is 0 Å². The van der Waals surface area contributed by atoms with Crippen LogP contribution < -0.4 is 4.46 Å². The number of hydrogen-bond donors (Lipinski definition) is 1. The Balaban J connectivity index is 2.66. The molecular formula is C12H16NOSe. The zero-order valence-electron chi connectivity index (χ0n) is 9.33. The van der Waals surface area contributed by atoms with Crippen molar-refractivity contribution in [3.63, 3.8) is 0 Å². The van der Waals surface area contributed by atoms with Crippen molar-refractivity contribution in [2.75, 3.05) is 6.61 Å². The molecule has 1 rings (SSSR count). The third-order valence-electron chi connectivity index (χ3n) is 1.78. The number of benzene rings is 1. The molecule has 3 heteroatoms. The van der Waals surface area contributed by atoms with E-state index < -0.39 is 0 Å². The molecule has 1 aromatic rings. The first-order valence-corrected chi connectivity index (χ1v) is 5.73. The molecule has 0 atom stereocenters. The van der Waals surface area contributed by atoms with E-state index in [9.17, 15) is 0 Å². The van der Waals surface area contributed by atoms with Crippen molar-refractivity contribution in [3.05, 3.63) is 29.8 Å². The summed E-state index contributed by atoms with van der Waals surface area (Å²) in [5.74, 6) is 0.235. The first kappa shape index (κ1) is 12.3. The normalized spacial score (nSPS) is 11.1. The van der Waals surface area contributed by atoms with E-state index >= 15 is 0 Å². The Morgan fingerprint density at radius 1 is 1.33 bits per heavy atom. The van der Waals surface area contributed by atoms with Crippen molar-refractivity contribution in [2.45, 2.75) is 20.8 Å². The monoisotopic (exact) mass is 270 g/mol. The molecule has 0 saturated heterocycles. The van der Waals surface area contributed by atoms with Crippen molar-refractivity contribution in [1.29, 1.82) is 5.41 Å². The summed E-state index contributed by atoms with van der Waals surface area (Å²) in [6, 6.07) is 7.67. The van der Waals surface area contributed by atoms with Crippen LogP contribution in [0.5, 0.6) is 0 Å². The van der Waals surface area contributed by atoms with Crippen molar-refractivity contribution in [3.8, 4) is 0 Å². The first-order chi connectivity index (χ1) is 6.90. The maximum absolute atomic E-state index is 7.81. The van der Waals surface area contributed by atoms with Crippen LogP contribution in [0.1, 0.15) is 26.3 Å². The van der Waals surface area contributed by atoms with Crippen molar-refractivity contribution >= 4 is 26.4 Å². The molecule has 0 aliphatic heterocycles. The standard InChI is InChI=1S/C12H16NOSe/c1-12(2,3)8-14-11(13)9-6-4-5-7-10(9)15/h4-7,13H,8H2,1-3H3. The van der Waals surface area contributed by atoms with Gasteiger partial charge in [0.15, 0.2) is 0 Å². The summed E-state index contributed by atoms with van der Waals surface area (Å²) >= 11 is 2.93. The molecule has 0 spiro atoms. The molecule has 0 fully saturated rings.